The molecule has 0 unspecified atom stereocenters. The molecule has 1 aromatic carbocycles. The summed E-state index contributed by atoms with van der Waals surface area (Å²) >= 11 is 5.23. The van der Waals surface area contributed by atoms with Crippen LogP contribution in [0.4, 0.5) is 0 Å². The summed E-state index contributed by atoms with van der Waals surface area (Å²) in [5.41, 5.74) is 0.524. The minimum atomic E-state index is -1.11. The SMILES string of the molecule is CCN1C(=O)C(=Cc2ccc(O[C@H](C)C(=O)O)c(OC)c2)C(=O)N(CC)C1=S. The van der Waals surface area contributed by atoms with E-state index in [4.69, 9.17) is 26.8 Å². The lowest BCUT2D eigenvalue weighted by atomic mass is 10.1. The van der Waals surface area contributed by atoms with Gasteiger partial charge < -0.3 is 14.6 Å². The monoisotopic (exact) mass is 406 g/mol. The van der Waals surface area contributed by atoms with E-state index >= 15 is 0 Å². The fourth-order valence-corrected chi connectivity index (χ4v) is 3.09. The summed E-state index contributed by atoms with van der Waals surface area (Å²) in [4.78, 5) is 39.1. The highest BCUT2D eigenvalue weighted by atomic mass is 32.1. The van der Waals surface area contributed by atoms with E-state index in [0.717, 1.165) is 0 Å². The normalized spacial score (nSPS) is 15.6. The first kappa shape index (κ1) is 21.4. The number of carbonyl (C=O) groups is 3. The number of carboxylic acid groups (broad SMARTS) is 1. The van der Waals surface area contributed by atoms with Crippen LogP contribution in [0, 0.1) is 0 Å². The lowest BCUT2D eigenvalue weighted by Crippen LogP contribution is -2.55. The lowest BCUT2D eigenvalue weighted by molar-refractivity contribution is -0.144. The molecule has 1 saturated heterocycles. The van der Waals surface area contributed by atoms with Crippen LogP contribution in [-0.2, 0) is 14.4 Å². The number of likely N-dealkylation sites (N-methyl/N-ethyl adjacent to an activating group) is 2. The molecule has 28 heavy (non-hydrogen) atoms. The molecule has 1 aliphatic heterocycles. The van der Waals surface area contributed by atoms with Crippen LogP contribution in [0.3, 0.4) is 0 Å². The number of ether oxygens (including phenoxy) is 2. The lowest BCUT2D eigenvalue weighted by Gasteiger charge is -2.35. The van der Waals surface area contributed by atoms with Crippen molar-refractivity contribution < 1.29 is 29.0 Å². The van der Waals surface area contributed by atoms with E-state index in [-0.39, 0.29) is 22.2 Å². The van der Waals surface area contributed by atoms with Crippen LogP contribution in [0.1, 0.15) is 26.3 Å². The summed E-state index contributed by atoms with van der Waals surface area (Å²) in [5.74, 6) is -1.50. The van der Waals surface area contributed by atoms with E-state index in [2.05, 4.69) is 0 Å². The van der Waals surface area contributed by atoms with Gasteiger partial charge in [-0.2, -0.15) is 0 Å². The van der Waals surface area contributed by atoms with Gasteiger partial charge in [-0.15, -0.1) is 0 Å². The molecular formula is C19H22N2O6S. The molecule has 0 radical (unpaired) electrons. The molecule has 0 aromatic heterocycles. The Morgan fingerprint density at radius 1 is 1.18 bits per heavy atom. The summed E-state index contributed by atoms with van der Waals surface area (Å²) < 4.78 is 10.6. The van der Waals surface area contributed by atoms with Gasteiger partial charge in [0.25, 0.3) is 11.8 Å². The largest absolute Gasteiger partial charge is 0.493 e. The van der Waals surface area contributed by atoms with E-state index in [1.165, 1.54) is 36.0 Å². The third-order valence-electron chi connectivity index (χ3n) is 4.20. The van der Waals surface area contributed by atoms with Crippen LogP contribution in [-0.4, -0.2) is 64.1 Å². The maximum atomic E-state index is 12.7. The van der Waals surface area contributed by atoms with Crippen LogP contribution in [0.15, 0.2) is 23.8 Å². The minimum Gasteiger partial charge on any atom is -0.493 e. The number of amides is 2. The molecule has 1 aromatic rings. The van der Waals surface area contributed by atoms with E-state index in [9.17, 15) is 14.4 Å². The molecule has 2 amide bonds. The predicted octanol–water partition coefficient (Wildman–Crippen LogP) is 1.93. The first-order valence-corrected chi connectivity index (χ1v) is 9.12. The molecular weight excluding hydrogens is 384 g/mol. The Morgan fingerprint density at radius 2 is 1.75 bits per heavy atom. The topological polar surface area (TPSA) is 96.4 Å². The Morgan fingerprint density at radius 3 is 2.21 bits per heavy atom. The van der Waals surface area contributed by atoms with E-state index in [0.29, 0.717) is 18.7 Å². The number of rotatable bonds is 7. The number of nitrogens with zero attached hydrogens (tertiary/aromatic N) is 2. The van der Waals surface area contributed by atoms with Crippen LogP contribution in [0.5, 0.6) is 11.5 Å². The molecule has 0 saturated carbocycles. The second kappa shape index (κ2) is 8.83. The maximum Gasteiger partial charge on any atom is 0.344 e. The second-order valence-corrected chi connectivity index (χ2v) is 6.31. The number of hydrogen-bond donors (Lipinski definition) is 1. The van der Waals surface area contributed by atoms with Gasteiger partial charge in [0.1, 0.15) is 5.57 Å². The van der Waals surface area contributed by atoms with Gasteiger partial charge in [-0.1, -0.05) is 6.07 Å². The summed E-state index contributed by atoms with van der Waals surface area (Å²) in [6.07, 6.45) is 0.405. The third kappa shape index (κ3) is 4.14. The van der Waals surface area contributed by atoms with Crippen molar-refractivity contribution in [3.8, 4) is 11.5 Å². The fraction of sp³-hybridized carbons (Fsp3) is 0.368. The van der Waals surface area contributed by atoms with E-state index in [1.54, 1.807) is 26.0 Å². The Bertz CT molecular complexity index is 823. The molecule has 1 fully saturated rings. The fourth-order valence-electron chi connectivity index (χ4n) is 2.66. The summed E-state index contributed by atoms with van der Waals surface area (Å²) in [5, 5.41) is 9.18. The van der Waals surface area contributed by atoms with Crippen molar-refractivity contribution in [3.05, 3.63) is 29.3 Å². The van der Waals surface area contributed by atoms with Crippen molar-refractivity contribution in [3.63, 3.8) is 0 Å². The average Bonchev–Trinajstić information content (AvgIpc) is 2.66. The zero-order valence-corrected chi connectivity index (χ0v) is 16.9. The smallest absolute Gasteiger partial charge is 0.344 e. The molecule has 8 nitrogen and oxygen atoms in total. The number of carbonyl (C=O) groups excluding carboxylic acids is 2. The molecule has 1 aliphatic rings. The number of benzene rings is 1. The minimum absolute atomic E-state index is 0.00748. The van der Waals surface area contributed by atoms with Crippen molar-refractivity contribution in [2.24, 2.45) is 0 Å². The first-order chi connectivity index (χ1) is 13.2. The van der Waals surface area contributed by atoms with Gasteiger partial charge in [0.15, 0.2) is 22.7 Å². The summed E-state index contributed by atoms with van der Waals surface area (Å²) in [6.45, 7) is 5.66. The van der Waals surface area contributed by atoms with Crippen molar-refractivity contribution in [1.29, 1.82) is 0 Å². The number of carboxylic acids is 1. The van der Waals surface area contributed by atoms with Crippen molar-refractivity contribution >= 4 is 41.2 Å². The first-order valence-electron chi connectivity index (χ1n) is 8.71. The average molecular weight is 406 g/mol. The molecule has 9 heteroatoms. The van der Waals surface area contributed by atoms with E-state index < -0.39 is 23.9 Å². The third-order valence-corrected chi connectivity index (χ3v) is 4.64. The second-order valence-electron chi connectivity index (χ2n) is 5.95. The van der Waals surface area contributed by atoms with Crippen molar-refractivity contribution in [2.45, 2.75) is 26.9 Å². The molecule has 0 bridgehead atoms. The Kier molecular flexibility index (Phi) is 6.74. The van der Waals surface area contributed by atoms with Crippen molar-refractivity contribution in [1.82, 2.24) is 9.80 Å². The maximum absolute atomic E-state index is 12.7. The number of thiocarbonyl (C=S) groups is 1. The van der Waals surface area contributed by atoms with Gasteiger partial charge in [0, 0.05) is 13.1 Å². The zero-order valence-electron chi connectivity index (χ0n) is 16.1. The van der Waals surface area contributed by atoms with E-state index in [1.807, 2.05) is 0 Å². The van der Waals surface area contributed by atoms with Gasteiger partial charge in [0.2, 0.25) is 0 Å². The number of hydrogen-bond acceptors (Lipinski definition) is 6. The molecule has 1 heterocycles. The van der Waals surface area contributed by atoms with Gasteiger partial charge in [-0.25, -0.2) is 4.79 Å². The molecule has 0 spiro atoms. The van der Waals surface area contributed by atoms with Crippen LogP contribution >= 0.6 is 12.2 Å². The molecule has 0 aliphatic carbocycles. The highest BCUT2D eigenvalue weighted by molar-refractivity contribution is 7.80. The Balaban J connectivity index is 2.42. The van der Waals surface area contributed by atoms with Gasteiger partial charge >= 0.3 is 5.97 Å². The quantitative estimate of drug-likeness (QED) is 0.420. The highest BCUT2D eigenvalue weighted by Crippen LogP contribution is 2.30. The number of aliphatic carboxylic acids is 1. The summed E-state index contributed by atoms with van der Waals surface area (Å²) in [6, 6.07) is 4.71. The summed E-state index contributed by atoms with van der Waals surface area (Å²) in [7, 11) is 1.41. The Labute approximate surface area is 168 Å². The van der Waals surface area contributed by atoms with Gasteiger partial charge in [0.05, 0.1) is 7.11 Å². The van der Waals surface area contributed by atoms with Crippen molar-refractivity contribution in [2.75, 3.05) is 20.2 Å². The van der Waals surface area contributed by atoms with Crippen LogP contribution in [0.2, 0.25) is 0 Å². The van der Waals surface area contributed by atoms with Crippen LogP contribution < -0.4 is 9.47 Å². The Hall–Kier alpha value is -2.94. The molecule has 1 N–H and O–H groups in total. The van der Waals surface area contributed by atoms with Gasteiger partial charge in [-0.3, -0.25) is 19.4 Å². The zero-order chi connectivity index (χ0) is 21.0. The standard InChI is InChI=1S/C19H22N2O6S/c1-5-20-16(22)13(17(23)21(6-2)19(20)28)9-12-7-8-14(15(10-12)26-4)27-11(3)18(24)25/h7-11H,5-6H2,1-4H3,(H,24,25)/t11-/m1/s1. The molecule has 150 valence electrons. The number of methoxy groups -OCH3 is 1. The predicted molar refractivity (Wildman–Crippen MR) is 106 cm³/mol. The van der Waals surface area contributed by atoms with Gasteiger partial charge in [-0.05, 0) is 56.8 Å². The van der Waals surface area contributed by atoms with Crippen LogP contribution in [0.25, 0.3) is 6.08 Å². The highest BCUT2D eigenvalue weighted by Gasteiger charge is 2.37. The molecule has 1 atom stereocenters. The molecule has 2 rings (SSSR count).